The van der Waals surface area contributed by atoms with Crippen LogP contribution in [0.2, 0.25) is 5.02 Å². The molecule has 1 aromatic rings. The third kappa shape index (κ3) is 2.41. The van der Waals surface area contributed by atoms with E-state index in [0.29, 0.717) is 13.2 Å². The molecule has 2 rings (SSSR count). The van der Waals surface area contributed by atoms with E-state index in [1.54, 1.807) is 11.3 Å². The van der Waals surface area contributed by atoms with Crippen LogP contribution < -0.4 is 5.32 Å². The number of hydrogen-bond donors (Lipinski definition) is 1. The lowest BCUT2D eigenvalue weighted by Gasteiger charge is -2.12. The second kappa shape index (κ2) is 4.81. The zero-order valence-electron chi connectivity index (χ0n) is 7.50. The summed E-state index contributed by atoms with van der Waals surface area (Å²) in [6.07, 6.45) is 0. The molecule has 0 saturated carbocycles. The highest BCUT2D eigenvalue weighted by Gasteiger charge is 2.25. The Morgan fingerprint density at radius 1 is 1.57 bits per heavy atom. The fraction of sp³-hybridized carbons (Fsp3) is 0.556. The van der Waals surface area contributed by atoms with Crippen LogP contribution in [0.4, 0.5) is 0 Å². The highest BCUT2D eigenvalue weighted by molar-refractivity contribution is 7.10. The Labute approximate surface area is 97.2 Å². The predicted octanol–water partition coefficient (Wildman–Crippen LogP) is 2.50. The van der Waals surface area contributed by atoms with Crippen LogP contribution in [0, 0.1) is 0 Å². The van der Waals surface area contributed by atoms with Crippen LogP contribution in [0.15, 0.2) is 11.4 Å². The van der Waals surface area contributed by atoms with E-state index in [1.165, 1.54) is 0 Å². The van der Waals surface area contributed by atoms with Gasteiger partial charge in [-0.05, 0) is 11.4 Å². The molecule has 2 nitrogen and oxygen atoms in total. The summed E-state index contributed by atoms with van der Waals surface area (Å²) in [7, 11) is 0. The molecule has 0 radical (unpaired) electrons. The lowest BCUT2D eigenvalue weighted by atomic mass is 10.2. The number of ether oxygens (including phenoxy) is 1. The third-order valence-corrected chi connectivity index (χ3v) is 4.04. The zero-order valence-corrected chi connectivity index (χ0v) is 9.83. The maximum atomic E-state index is 6.04. The summed E-state index contributed by atoms with van der Waals surface area (Å²) >= 11 is 13.7. The van der Waals surface area contributed by atoms with Gasteiger partial charge in [-0.15, -0.1) is 22.9 Å². The molecule has 2 atom stereocenters. The second-order valence-electron chi connectivity index (χ2n) is 3.23. The van der Waals surface area contributed by atoms with E-state index in [0.717, 1.165) is 16.4 Å². The largest absolute Gasteiger partial charge is 0.378 e. The summed E-state index contributed by atoms with van der Waals surface area (Å²) in [5, 5.41) is 6.24. The molecule has 1 aliphatic heterocycles. The van der Waals surface area contributed by atoms with Gasteiger partial charge in [-0.25, -0.2) is 0 Å². The molecule has 14 heavy (non-hydrogen) atoms. The smallest absolute Gasteiger partial charge is 0.0745 e. The first-order valence-electron chi connectivity index (χ1n) is 4.44. The third-order valence-electron chi connectivity index (χ3n) is 2.23. The lowest BCUT2D eigenvalue weighted by molar-refractivity contribution is 0.190. The number of rotatable bonds is 3. The Morgan fingerprint density at radius 2 is 2.43 bits per heavy atom. The fourth-order valence-electron chi connectivity index (χ4n) is 1.39. The van der Waals surface area contributed by atoms with Crippen molar-refractivity contribution >= 4 is 34.5 Å². The summed E-state index contributed by atoms with van der Waals surface area (Å²) in [6.45, 7) is 2.10. The standard InChI is InChI=1S/C9H11Cl2NOS/c10-6-1-2-14-9(6)3-12-8-5-13-4-7(8)11/h1-2,7-8,12H,3-5H2. The number of nitrogens with one attached hydrogen (secondary N) is 1. The summed E-state index contributed by atoms with van der Waals surface area (Å²) in [6, 6.07) is 2.15. The highest BCUT2D eigenvalue weighted by atomic mass is 35.5. The molecule has 2 heterocycles. The van der Waals surface area contributed by atoms with Crippen LogP contribution in [0.1, 0.15) is 4.88 Å². The summed E-state index contributed by atoms with van der Waals surface area (Å²) in [5.41, 5.74) is 0. The maximum Gasteiger partial charge on any atom is 0.0745 e. The molecule has 0 amide bonds. The van der Waals surface area contributed by atoms with Gasteiger partial charge in [0.05, 0.1) is 23.6 Å². The molecule has 78 valence electrons. The van der Waals surface area contributed by atoms with Gasteiger partial charge in [0.25, 0.3) is 0 Å². The van der Waals surface area contributed by atoms with Crippen molar-refractivity contribution in [2.24, 2.45) is 0 Å². The van der Waals surface area contributed by atoms with Crippen molar-refractivity contribution in [1.29, 1.82) is 0 Å². The summed E-state index contributed by atoms with van der Waals surface area (Å²) in [5.74, 6) is 0. The van der Waals surface area contributed by atoms with Gasteiger partial charge in [-0.2, -0.15) is 0 Å². The van der Waals surface area contributed by atoms with E-state index >= 15 is 0 Å². The first kappa shape index (κ1) is 10.7. The van der Waals surface area contributed by atoms with Gasteiger partial charge < -0.3 is 10.1 Å². The van der Waals surface area contributed by atoms with Crippen molar-refractivity contribution in [2.75, 3.05) is 13.2 Å². The van der Waals surface area contributed by atoms with Gasteiger partial charge in [0, 0.05) is 17.5 Å². The van der Waals surface area contributed by atoms with Crippen LogP contribution in [0.5, 0.6) is 0 Å². The van der Waals surface area contributed by atoms with Crippen LogP contribution in [-0.4, -0.2) is 24.6 Å². The van der Waals surface area contributed by atoms with Crippen molar-refractivity contribution in [3.63, 3.8) is 0 Å². The Balaban J connectivity index is 1.85. The van der Waals surface area contributed by atoms with Gasteiger partial charge in [0.1, 0.15) is 0 Å². The molecular weight excluding hydrogens is 241 g/mol. The van der Waals surface area contributed by atoms with Gasteiger partial charge in [-0.1, -0.05) is 11.6 Å². The van der Waals surface area contributed by atoms with E-state index in [2.05, 4.69) is 5.32 Å². The van der Waals surface area contributed by atoms with E-state index in [1.807, 2.05) is 11.4 Å². The molecule has 1 N–H and O–H groups in total. The van der Waals surface area contributed by atoms with Crippen molar-refractivity contribution in [3.05, 3.63) is 21.3 Å². The molecule has 0 aliphatic carbocycles. The van der Waals surface area contributed by atoms with Crippen LogP contribution in [-0.2, 0) is 11.3 Å². The van der Waals surface area contributed by atoms with E-state index in [-0.39, 0.29) is 11.4 Å². The SMILES string of the molecule is Clc1ccsc1CNC1COCC1Cl. The van der Waals surface area contributed by atoms with E-state index < -0.39 is 0 Å². The van der Waals surface area contributed by atoms with Gasteiger partial charge >= 0.3 is 0 Å². The summed E-state index contributed by atoms with van der Waals surface area (Å²) < 4.78 is 5.25. The maximum absolute atomic E-state index is 6.04. The van der Waals surface area contributed by atoms with Crippen molar-refractivity contribution in [1.82, 2.24) is 5.32 Å². The van der Waals surface area contributed by atoms with E-state index in [4.69, 9.17) is 27.9 Å². The van der Waals surface area contributed by atoms with Crippen LogP contribution >= 0.6 is 34.5 Å². The number of thiophene rings is 1. The topological polar surface area (TPSA) is 21.3 Å². The molecule has 1 saturated heterocycles. The first-order valence-corrected chi connectivity index (χ1v) is 6.14. The lowest BCUT2D eigenvalue weighted by Crippen LogP contribution is -2.35. The Hall–Kier alpha value is 0.200. The van der Waals surface area contributed by atoms with Gasteiger partial charge in [0.2, 0.25) is 0 Å². The van der Waals surface area contributed by atoms with Crippen molar-refractivity contribution in [2.45, 2.75) is 18.0 Å². The molecule has 0 aromatic carbocycles. The highest BCUT2D eigenvalue weighted by Crippen LogP contribution is 2.22. The Bertz CT molecular complexity index is 305. The number of alkyl halides is 1. The van der Waals surface area contributed by atoms with Crippen LogP contribution in [0.25, 0.3) is 0 Å². The van der Waals surface area contributed by atoms with Gasteiger partial charge in [-0.3, -0.25) is 0 Å². The number of hydrogen-bond acceptors (Lipinski definition) is 3. The minimum absolute atomic E-state index is 0.0775. The molecular formula is C9H11Cl2NOS. The summed E-state index contributed by atoms with van der Waals surface area (Å²) in [4.78, 5) is 1.16. The average molecular weight is 252 g/mol. The monoisotopic (exact) mass is 251 g/mol. The molecule has 0 spiro atoms. The second-order valence-corrected chi connectivity index (χ2v) is 5.20. The fourth-order valence-corrected chi connectivity index (χ4v) is 2.69. The molecule has 0 bridgehead atoms. The van der Waals surface area contributed by atoms with E-state index in [9.17, 15) is 0 Å². The normalized spacial score (nSPS) is 27.0. The molecule has 1 aliphatic rings. The molecule has 2 unspecified atom stereocenters. The average Bonchev–Trinajstić information content (AvgIpc) is 2.72. The predicted molar refractivity (Wildman–Crippen MR) is 60.4 cm³/mol. The van der Waals surface area contributed by atoms with Gasteiger partial charge in [0.15, 0.2) is 0 Å². The van der Waals surface area contributed by atoms with Crippen molar-refractivity contribution < 1.29 is 4.74 Å². The zero-order chi connectivity index (χ0) is 9.97. The Kier molecular flexibility index (Phi) is 3.68. The quantitative estimate of drug-likeness (QED) is 0.834. The Morgan fingerprint density at radius 3 is 3.00 bits per heavy atom. The first-order chi connectivity index (χ1) is 6.77. The molecule has 1 aromatic heterocycles. The minimum atomic E-state index is 0.0775. The molecule has 1 fully saturated rings. The van der Waals surface area contributed by atoms with Crippen LogP contribution in [0.3, 0.4) is 0 Å². The molecule has 5 heteroatoms. The van der Waals surface area contributed by atoms with Crippen molar-refractivity contribution in [3.8, 4) is 0 Å². The minimum Gasteiger partial charge on any atom is -0.378 e. The number of halogens is 2.